The van der Waals surface area contributed by atoms with Crippen molar-refractivity contribution >= 4 is 106 Å². The molecule has 8 N–H and O–H groups in total. The number of sulfonamides is 1. The molecule has 6 rings (SSSR count). The number of rotatable bonds is 22. The monoisotopic (exact) mass is 1270 g/mol. The fourth-order valence-corrected chi connectivity index (χ4v) is 8.84. The topological polar surface area (TPSA) is 383 Å². The number of alkyl halides is 4. The Morgan fingerprint density at radius 1 is 0.817 bits per heavy atom. The maximum absolute atomic E-state index is 14.5. The lowest BCUT2D eigenvalue weighted by Gasteiger charge is -2.18. The molecule has 4 aromatic rings. The van der Waals surface area contributed by atoms with Gasteiger partial charge in [-0.1, -0.05) is 66.7 Å². The van der Waals surface area contributed by atoms with Crippen LogP contribution in [0.2, 0.25) is 15.1 Å². The maximum Gasteiger partial charge on any atom is 0.388 e. The molecule has 448 valence electrons. The minimum absolute atomic E-state index is 0.000883. The summed E-state index contributed by atoms with van der Waals surface area (Å²) in [7, 11) is -7.47. The summed E-state index contributed by atoms with van der Waals surface area (Å²) in [5.74, 6) is -9.08. The first-order chi connectivity index (χ1) is 38.4. The van der Waals surface area contributed by atoms with Crippen molar-refractivity contribution in [1.82, 2.24) is 20.0 Å². The van der Waals surface area contributed by atoms with E-state index >= 15 is 0 Å². The molecule has 0 unspecified atom stereocenters. The number of hydrogen-bond donors (Lipinski definition) is 8. The highest BCUT2D eigenvalue weighted by Gasteiger charge is 2.41. The molecule has 0 bridgehead atoms. The van der Waals surface area contributed by atoms with Gasteiger partial charge in [0, 0.05) is 17.2 Å². The van der Waals surface area contributed by atoms with Crippen LogP contribution in [0, 0.1) is 5.82 Å². The number of unbranched alkanes of at least 4 members (excludes halogenated alkanes) is 2. The van der Waals surface area contributed by atoms with Crippen molar-refractivity contribution in [3.05, 3.63) is 97.8 Å². The third-order valence-corrected chi connectivity index (χ3v) is 13.0. The zero-order valence-electron chi connectivity index (χ0n) is 42.2. The van der Waals surface area contributed by atoms with Gasteiger partial charge < -0.3 is 48.8 Å². The standard InChI is InChI=1S/C21H23ClFNO5.C14H10F4N4O7S.C8H6Cl2O3.C3H8NO5P/c1-2-3-6-9-28-19(25)12-29-18-11-17(16(23)10-15(18)22)24-20(26)13-7-4-5-8-14(13)21(24)27;15-11(16)28-8-5-9(29-12(17)18)20-13(19-8)21-14(25)22-30(26,27)7-4-2-1-3-6(7)10(23)24;1-13-7-5(10)3-2-4(9)6(7)8(11)12;5-3(6)1-4-2-10(7,8)9/h10-11H,2-9,12H2,1H3;1-5,11-12H,(H,23,24)(H2,19,20,21,22,25);2-3H,1H3,(H,11,12);4H,1-2H2,(H,5,6)(H2,7,8,9). The van der Waals surface area contributed by atoms with Gasteiger partial charge in [-0.3, -0.25) is 29.6 Å². The lowest BCUT2D eigenvalue weighted by molar-refractivity contribution is -0.146. The molecule has 82 heavy (non-hydrogen) atoms. The highest BCUT2D eigenvalue weighted by Crippen LogP contribution is 2.40. The van der Waals surface area contributed by atoms with Crippen LogP contribution in [0.25, 0.3) is 0 Å². The first kappa shape index (κ1) is 68.8. The van der Waals surface area contributed by atoms with E-state index in [-0.39, 0.29) is 37.8 Å². The minimum atomic E-state index is -4.71. The predicted molar refractivity (Wildman–Crippen MR) is 276 cm³/mol. The van der Waals surface area contributed by atoms with Gasteiger partial charge in [0.2, 0.25) is 17.7 Å². The van der Waals surface area contributed by atoms with Crippen LogP contribution in [-0.2, 0) is 38.5 Å². The van der Waals surface area contributed by atoms with Gasteiger partial charge in [0.1, 0.15) is 22.0 Å². The van der Waals surface area contributed by atoms with E-state index in [2.05, 4.69) is 24.8 Å². The number of nitrogens with zero attached hydrogens (tertiary/aromatic N) is 3. The summed E-state index contributed by atoms with van der Waals surface area (Å²) in [5.41, 5.74) is -0.0850. The SMILES string of the molecule is CCCCCOC(=O)COc1cc(N2C(=O)C3=C(CCCC3)C2=O)c(F)cc1Cl.COc1c(Cl)ccc(Cl)c1C(=O)O.O=C(Nc1nc(OC(F)F)cc(OC(F)F)n1)NS(=O)(=O)c1ccccc1C(=O)O.O=C(O)CNCP(=O)(O)O. The first-order valence-corrected chi connectivity index (χ1v) is 27.4. The first-order valence-electron chi connectivity index (χ1n) is 23.0. The number of anilines is 2. The number of nitrogens with one attached hydrogen (secondary N) is 3. The van der Waals surface area contributed by atoms with E-state index in [0.717, 1.165) is 55.2 Å². The number of benzene rings is 3. The van der Waals surface area contributed by atoms with E-state index in [1.54, 1.807) is 5.32 Å². The van der Waals surface area contributed by atoms with E-state index in [1.165, 1.54) is 42.2 Å². The van der Waals surface area contributed by atoms with E-state index < -0.39 is 126 Å². The molecule has 26 nitrogen and oxygen atoms in total. The van der Waals surface area contributed by atoms with Gasteiger partial charge in [0.05, 0.1) is 58.9 Å². The Kier molecular flexibility index (Phi) is 27.1. The molecule has 2 heterocycles. The summed E-state index contributed by atoms with van der Waals surface area (Å²) in [6.07, 6.45) is 4.80. The number of carbonyl (C=O) groups is 7. The molecule has 0 saturated carbocycles. The van der Waals surface area contributed by atoms with Crippen molar-refractivity contribution in [2.45, 2.75) is 70.0 Å². The number of hydrogen-bond acceptors (Lipinski definition) is 18. The molecule has 3 aromatic carbocycles. The smallest absolute Gasteiger partial charge is 0.388 e. The third-order valence-electron chi connectivity index (χ3n) is 10.0. The molecule has 0 atom stereocenters. The van der Waals surface area contributed by atoms with Crippen LogP contribution in [0.4, 0.5) is 38.4 Å². The number of amides is 4. The van der Waals surface area contributed by atoms with Crippen molar-refractivity contribution in [3.8, 4) is 23.3 Å². The number of aromatic carboxylic acids is 2. The zero-order valence-corrected chi connectivity index (χ0v) is 46.2. The van der Waals surface area contributed by atoms with Crippen LogP contribution in [0.1, 0.15) is 72.6 Å². The maximum atomic E-state index is 14.5. The van der Waals surface area contributed by atoms with Crippen LogP contribution < -0.4 is 39.2 Å². The highest BCUT2D eigenvalue weighted by molar-refractivity contribution is 7.90. The number of urea groups is 1. The Bertz CT molecular complexity index is 3140. The third kappa shape index (κ3) is 21.8. The molecule has 1 aliphatic carbocycles. The molecule has 1 aromatic heterocycles. The van der Waals surface area contributed by atoms with Gasteiger partial charge in [0.25, 0.3) is 21.8 Å². The summed E-state index contributed by atoms with van der Waals surface area (Å²) in [4.78, 5) is 104. The Balaban J connectivity index is 0.000000314. The number of esters is 1. The van der Waals surface area contributed by atoms with E-state index in [4.69, 9.17) is 74.1 Å². The molecule has 0 spiro atoms. The fourth-order valence-electron chi connectivity index (χ4n) is 6.66. The van der Waals surface area contributed by atoms with Crippen molar-refractivity contribution in [3.63, 3.8) is 0 Å². The van der Waals surface area contributed by atoms with Gasteiger partial charge in [-0.2, -0.15) is 27.5 Å². The van der Waals surface area contributed by atoms with Crippen LogP contribution in [0.5, 0.6) is 23.3 Å². The molecule has 0 saturated heterocycles. The summed E-state index contributed by atoms with van der Waals surface area (Å²) in [6.45, 7) is -5.32. The second kappa shape index (κ2) is 32.3. The van der Waals surface area contributed by atoms with Crippen LogP contribution in [0.15, 0.2) is 70.6 Å². The normalized spacial score (nSPS) is 12.8. The number of carboxylic acid groups (broad SMARTS) is 3. The van der Waals surface area contributed by atoms with E-state index in [0.29, 0.717) is 36.7 Å². The van der Waals surface area contributed by atoms with Gasteiger partial charge in [-0.25, -0.2) is 41.6 Å². The van der Waals surface area contributed by atoms with Crippen LogP contribution >= 0.6 is 42.4 Å². The predicted octanol–water partition coefficient (Wildman–Crippen LogP) is 7.72. The number of aromatic nitrogens is 2. The van der Waals surface area contributed by atoms with Crippen molar-refractivity contribution in [2.24, 2.45) is 0 Å². The average Bonchev–Trinajstić information content (AvgIpc) is 3.62. The molecule has 2 aliphatic rings. The number of ether oxygens (including phenoxy) is 5. The molecular weight excluding hydrogens is 1220 g/mol. The fraction of sp³-hybridized carbons (Fsp3) is 0.326. The lowest BCUT2D eigenvalue weighted by Crippen LogP contribution is -2.35. The van der Waals surface area contributed by atoms with E-state index in [9.17, 15) is 68.5 Å². The number of halogens is 8. The zero-order chi connectivity index (χ0) is 61.6. The number of imide groups is 1. The molecular formula is C46H47Cl3F5N6O20PS. The quantitative estimate of drug-likeness (QED) is 0.0123. The summed E-state index contributed by atoms with van der Waals surface area (Å²) in [5, 5.41) is 29.8. The van der Waals surface area contributed by atoms with Crippen molar-refractivity contribution in [2.75, 3.05) is 43.4 Å². The molecule has 0 radical (unpaired) electrons. The second-order valence-corrected chi connectivity index (χ2v) is 20.5. The average molecular weight is 1270 g/mol. The van der Waals surface area contributed by atoms with Crippen molar-refractivity contribution < 1.29 is 117 Å². The van der Waals surface area contributed by atoms with Gasteiger partial charge >= 0.3 is 50.7 Å². The largest absolute Gasteiger partial charge is 0.494 e. The Morgan fingerprint density at radius 2 is 1.39 bits per heavy atom. The molecule has 4 amide bonds. The number of carbonyl (C=O) groups excluding carboxylic acids is 4. The molecule has 36 heteroatoms. The minimum Gasteiger partial charge on any atom is -0.494 e. The summed E-state index contributed by atoms with van der Waals surface area (Å²) < 4.78 is 123. The van der Waals surface area contributed by atoms with Crippen LogP contribution in [-0.4, -0.2) is 132 Å². The van der Waals surface area contributed by atoms with E-state index in [1.807, 2.05) is 6.92 Å². The number of aliphatic carboxylic acids is 1. The van der Waals surface area contributed by atoms with Crippen molar-refractivity contribution in [1.29, 1.82) is 0 Å². The van der Waals surface area contributed by atoms with Gasteiger partial charge in [0.15, 0.2) is 12.4 Å². The van der Waals surface area contributed by atoms with Crippen LogP contribution in [0.3, 0.4) is 0 Å². The molecule has 1 aliphatic heterocycles. The number of carboxylic acids is 3. The second-order valence-electron chi connectivity index (χ2n) is 15.9. The van der Waals surface area contributed by atoms with Gasteiger partial charge in [-0.05, 0) is 62.4 Å². The summed E-state index contributed by atoms with van der Waals surface area (Å²) >= 11 is 17.4. The van der Waals surface area contributed by atoms with Gasteiger partial charge in [-0.15, -0.1) is 0 Å². The number of methoxy groups -OCH3 is 1. The Hall–Kier alpha value is -7.45. The Morgan fingerprint density at radius 3 is 1.89 bits per heavy atom. The summed E-state index contributed by atoms with van der Waals surface area (Å²) in [6, 6.07) is 8.26. The Labute approximate surface area is 475 Å². The highest BCUT2D eigenvalue weighted by atomic mass is 35.5. The molecule has 0 fully saturated rings. The lowest BCUT2D eigenvalue weighted by atomic mass is 9.93.